The van der Waals surface area contributed by atoms with Crippen LogP contribution in [0, 0.1) is 18.5 Å². The Labute approximate surface area is 594 Å². The summed E-state index contributed by atoms with van der Waals surface area (Å²) < 4.78 is 17.1. The monoisotopic (exact) mass is 1460 g/mol. The molecule has 0 aliphatic heterocycles. The predicted octanol–water partition coefficient (Wildman–Crippen LogP) is 23.5. The van der Waals surface area contributed by atoms with Gasteiger partial charge in [-0.05, 0) is 165 Å². The first kappa shape index (κ1) is 62.6. The zero-order valence-electron chi connectivity index (χ0n) is 58.2. The van der Waals surface area contributed by atoms with E-state index < -0.39 is 0 Å². The van der Waals surface area contributed by atoms with Crippen molar-refractivity contribution in [3.63, 3.8) is 0 Å². The first-order valence-corrected chi connectivity index (χ1v) is 35.0. The van der Waals surface area contributed by atoms with Gasteiger partial charge in [-0.25, -0.2) is 4.98 Å². The molecule has 490 valence electrons. The molecule has 6 nitrogen and oxygen atoms in total. The van der Waals surface area contributed by atoms with Crippen molar-refractivity contribution >= 4 is 92.5 Å². The maximum Gasteiger partial charge on any atom is 0.268 e. The number of pyridine rings is 1. The Morgan fingerprint density at radius 2 is 0.949 bits per heavy atom. The molecule has 99 heavy (non-hydrogen) atoms. The molecule has 16 aromatic rings. The number of hydrogen-bond acceptors (Lipinski definition) is 2. The number of imidazole rings is 1. The topological polar surface area (TPSA) is 40.3 Å². The molecule has 2 aliphatic carbocycles. The Balaban J connectivity index is 0.00000735. The number of fused-ring (bicyclic) bond motifs is 17. The van der Waals surface area contributed by atoms with Crippen LogP contribution in [0.25, 0.3) is 132 Å². The average molecular weight is 1470 g/mol. The third kappa shape index (κ3) is 9.74. The van der Waals surface area contributed by atoms with Gasteiger partial charge in [0.05, 0.1) is 22.2 Å². The van der Waals surface area contributed by atoms with Crippen molar-refractivity contribution < 1.29 is 30.4 Å². The number of ether oxygens (including phenoxy) is 1. The molecule has 0 bridgehead atoms. The molecule has 5 heterocycles. The van der Waals surface area contributed by atoms with Gasteiger partial charge in [-0.3, -0.25) is 4.57 Å². The van der Waals surface area contributed by atoms with Crippen molar-refractivity contribution in [1.82, 2.24) is 18.5 Å². The third-order valence-electron chi connectivity index (χ3n) is 22.6. The van der Waals surface area contributed by atoms with E-state index in [1.807, 2.05) is 12.3 Å². The molecule has 0 atom stereocenters. The van der Waals surface area contributed by atoms with E-state index in [0.29, 0.717) is 11.5 Å². The van der Waals surface area contributed by atoms with E-state index in [9.17, 15) is 0 Å². The number of aromatic nitrogens is 5. The second kappa shape index (κ2) is 22.6. The summed E-state index contributed by atoms with van der Waals surface area (Å²) in [5.74, 6) is 1.90. The molecule has 0 radical (unpaired) electrons. The minimum Gasteiger partial charge on any atom is -0.508 e. The molecular weight excluding hydrogens is 1390 g/mol. The zero-order valence-corrected chi connectivity index (χ0v) is 60.5. The van der Waals surface area contributed by atoms with Crippen LogP contribution in [0.5, 0.6) is 11.5 Å². The molecule has 0 unspecified atom stereocenters. The number of hydrogen-bond donors (Lipinski definition) is 0. The van der Waals surface area contributed by atoms with Crippen molar-refractivity contribution in [2.75, 3.05) is 0 Å². The quantitative estimate of drug-likeness (QED) is 0.118. The summed E-state index contributed by atoms with van der Waals surface area (Å²) in [6, 6.07) is 91.3. The van der Waals surface area contributed by atoms with Crippen LogP contribution in [0.3, 0.4) is 0 Å². The number of rotatable bonds is 7. The van der Waals surface area contributed by atoms with E-state index in [1.54, 1.807) is 0 Å². The molecular formula is C92H79N5OPt-2. The average Bonchev–Trinajstić information content (AvgIpc) is 1.55. The third-order valence-corrected chi connectivity index (χ3v) is 22.6. The van der Waals surface area contributed by atoms with E-state index in [4.69, 9.17) is 9.72 Å². The summed E-state index contributed by atoms with van der Waals surface area (Å²) in [6.07, 6.45) is 10.6. The molecule has 11 aromatic carbocycles. The minimum absolute atomic E-state index is 0. The molecule has 7 heteroatoms. The second-order valence-electron chi connectivity index (χ2n) is 31.6. The number of nitrogens with zero attached hydrogens (tertiary/aromatic N) is 5. The van der Waals surface area contributed by atoms with Crippen LogP contribution in [-0.2, 0) is 48.1 Å². The van der Waals surface area contributed by atoms with Gasteiger partial charge < -0.3 is 18.3 Å². The zero-order chi connectivity index (χ0) is 66.9. The van der Waals surface area contributed by atoms with E-state index in [-0.39, 0.29) is 48.1 Å². The Hall–Kier alpha value is -9.87. The summed E-state index contributed by atoms with van der Waals surface area (Å²) in [7, 11) is 0. The standard InChI is InChI=1S/C92H79N5O.Pt/c1-88(2,3)59-45-50-93-82(53-59)96-77-38-19-17-32-71(77)83-80(96)55-81(87-84(83)68-31-15-14-28-65(68)64-27-12-13-29-66(64)69-35-24-36-70-67-30-16-18-37-76(67)97(87)86(69)70)98-61-26-22-25-60(54-61)94-56-95(79-40-21-20-39-78(79)94)85-62(57-41-43-72-74(51-57)91(8,9)48-46-89(72,4)5)33-23-34-63(85)58-42-44-73-75(52-58)92(10,11)49-47-90(73,6)7;/h12-45,50-53H,46-49H2,1-11H3;/q-2;. The molecule has 0 N–H and O–H groups in total. The van der Waals surface area contributed by atoms with Gasteiger partial charge in [0.15, 0.2) is 0 Å². The van der Waals surface area contributed by atoms with Crippen LogP contribution in [0.4, 0.5) is 0 Å². The molecule has 0 saturated carbocycles. The van der Waals surface area contributed by atoms with Crippen LogP contribution >= 0.6 is 0 Å². The van der Waals surface area contributed by atoms with Gasteiger partial charge in [0.1, 0.15) is 5.82 Å². The normalized spacial score (nSPS) is 15.5. The van der Waals surface area contributed by atoms with Gasteiger partial charge in [0.2, 0.25) is 0 Å². The van der Waals surface area contributed by atoms with Gasteiger partial charge in [0, 0.05) is 66.0 Å². The number of para-hydroxylation sites is 6. The van der Waals surface area contributed by atoms with Gasteiger partial charge in [-0.2, -0.15) is 12.1 Å². The molecule has 5 aromatic heterocycles. The fraction of sp³-hybridized carbons (Fsp3) is 0.217. The molecule has 0 saturated heterocycles. The molecule has 0 amide bonds. The molecule has 2 aliphatic rings. The molecule has 0 fully saturated rings. The largest absolute Gasteiger partial charge is 0.508 e. The van der Waals surface area contributed by atoms with Crippen LogP contribution < -0.4 is 9.30 Å². The van der Waals surface area contributed by atoms with E-state index in [2.05, 4.69) is 331 Å². The smallest absolute Gasteiger partial charge is 0.268 e. The van der Waals surface area contributed by atoms with Crippen LogP contribution in [0.15, 0.2) is 231 Å². The summed E-state index contributed by atoms with van der Waals surface area (Å²) in [4.78, 5) is 5.21. The van der Waals surface area contributed by atoms with E-state index in [0.717, 1.165) is 146 Å². The summed E-state index contributed by atoms with van der Waals surface area (Å²) >= 11 is 0. The van der Waals surface area contributed by atoms with E-state index >= 15 is 0 Å². The van der Waals surface area contributed by atoms with Gasteiger partial charge in [-0.1, -0.05) is 274 Å². The molecule has 18 rings (SSSR count). The van der Waals surface area contributed by atoms with Crippen molar-refractivity contribution in [2.45, 2.75) is 129 Å². The maximum absolute atomic E-state index is 7.82. The summed E-state index contributed by atoms with van der Waals surface area (Å²) in [5.41, 5.74) is 20.5. The van der Waals surface area contributed by atoms with Crippen molar-refractivity contribution in [2.24, 2.45) is 0 Å². The van der Waals surface area contributed by atoms with Crippen LogP contribution in [0.1, 0.15) is 130 Å². The predicted molar refractivity (Wildman–Crippen MR) is 407 cm³/mol. The second-order valence-corrected chi connectivity index (χ2v) is 31.6. The van der Waals surface area contributed by atoms with Crippen molar-refractivity contribution in [1.29, 1.82) is 0 Å². The Bertz CT molecular complexity index is 6000. The van der Waals surface area contributed by atoms with Gasteiger partial charge in [0.25, 0.3) is 6.33 Å². The van der Waals surface area contributed by atoms with Gasteiger partial charge in [-0.15, -0.1) is 18.2 Å². The fourth-order valence-electron chi connectivity index (χ4n) is 17.1. The fourth-order valence-corrected chi connectivity index (χ4v) is 17.1. The SMILES string of the molecule is CC(C)(C)c1ccnc(-n2c3[c-]c(Oc4[c-]c(-n5[c-][n+](-c6c(-c7ccc8c(c7)C(C)(C)CCC8(C)C)cccc6-c6ccc7c(c6)C(C)(C)CCC7(C)C)c6ccccc65)ccc4)c4c(c5ccccc5c5ccccc5c5cccc6c7ccccc7n4c56)c3c3ccccc32)c1.[Pt]. The molecule has 0 spiro atoms. The minimum atomic E-state index is -0.135. The Kier molecular flexibility index (Phi) is 14.3. The first-order chi connectivity index (χ1) is 47.2. The summed E-state index contributed by atoms with van der Waals surface area (Å²) in [6.45, 7) is 26.2. The number of benzene rings is 11. The summed E-state index contributed by atoms with van der Waals surface area (Å²) in [5, 5.41) is 11.1. The Morgan fingerprint density at radius 3 is 1.59 bits per heavy atom. The van der Waals surface area contributed by atoms with Crippen molar-refractivity contribution in [3.05, 3.63) is 277 Å². The first-order valence-electron chi connectivity index (χ1n) is 35.0. The van der Waals surface area contributed by atoms with E-state index in [1.165, 1.54) is 38.9 Å². The Morgan fingerprint density at radius 1 is 0.444 bits per heavy atom. The van der Waals surface area contributed by atoms with Crippen LogP contribution in [0.2, 0.25) is 0 Å². The van der Waals surface area contributed by atoms with Gasteiger partial charge >= 0.3 is 0 Å². The maximum atomic E-state index is 7.82. The van der Waals surface area contributed by atoms with Crippen LogP contribution in [-0.4, -0.2) is 18.5 Å². The van der Waals surface area contributed by atoms with Crippen molar-refractivity contribution in [3.8, 4) is 50.9 Å².